The maximum Gasteiger partial charge on any atom is 0.187 e. The first-order chi connectivity index (χ1) is 8.57. The zero-order chi connectivity index (χ0) is 13.0. The average Bonchev–Trinajstić information content (AvgIpc) is 2.82. The Balaban J connectivity index is 1.92. The number of rotatable bonds is 5. The van der Waals surface area contributed by atoms with E-state index in [0.717, 1.165) is 25.9 Å². The Kier molecular flexibility index (Phi) is 4.53. The van der Waals surface area contributed by atoms with E-state index in [1.54, 1.807) is 17.5 Å². The van der Waals surface area contributed by atoms with Crippen LogP contribution < -0.4 is 5.32 Å². The molecular formula is C12H17NO3S2. The highest BCUT2D eigenvalue weighted by Gasteiger charge is 2.24. The van der Waals surface area contributed by atoms with Gasteiger partial charge in [-0.1, -0.05) is 6.07 Å². The number of nitrogens with one attached hydrogen (secondary N) is 1. The smallest absolute Gasteiger partial charge is 0.187 e. The summed E-state index contributed by atoms with van der Waals surface area (Å²) in [6.45, 7) is 1.75. The fourth-order valence-electron chi connectivity index (χ4n) is 2.17. The van der Waals surface area contributed by atoms with Crippen LogP contribution in [0.2, 0.25) is 0 Å². The molecule has 2 heterocycles. The maximum absolute atomic E-state index is 12.0. The van der Waals surface area contributed by atoms with Crippen molar-refractivity contribution < 1.29 is 13.2 Å². The first kappa shape index (κ1) is 13.7. The van der Waals surface area contributed by atoms with E-state index in [1.165, 1.54) is 11.3 Å². The van der Waals surface area contributed by atoms with E-state index in [0.29, 0.717) is 4.88 Å². The zero-order valence-corrected chi connectivity index (χ0v) is 11.7. The quantitative estimate of drug-likeness (QED) is 0.830. The molecule has 0 radical (unpaired) electrons. The number of hydrogen-bond donors (Lipinski definition) is 1. The highest BCUT2D eigenvalue weighted by atomic mass is 32.2. The monoisotopic (exact) mass is 287 g/mol. The topological polar surface area (TPSA) is 63.2 Å². The predicted molar refractivity (Wildman–Crippen MR) is 72.9 cm³/mol. The van der Waals surface area contributed by atoms with E-state index < -0.39 is 9.84 Å². The summed E-state index contributed by atoms with van der Waals surface area (Å²) in [7, 11) is -3.28. The van der Waals surface area contributed by atoms with Gasteiger partial charge in [0.15, 0.2) is 15.6 Å². The second-order valence-electron chi connectivity index (χ2n) is 4.65. The van der Waals surface area contributed by atoms with Crippen LogP contribution >= 0.6 is 11.3 Å². The van der Waals surface area contributed by atoms with Crippen molar-refractivity contribution in [1.82, 2.24) is 5.32 Å². The van der Waals surface area contributed by atoms with Crippen LogP contribution in [-0.4, -0.2) is 38.8 Å². The molecule has 0 amide bonds. The molecule has 0 spiro atoms. The Hall–Kier alpha value is -0.720. The Morgan fingerprint density at radius 3 is 2.72 bits per heavy atom. The first-order valence-electron chi connectivity index (χ1n) is 6.05. The molecular weight excluding hydrogens is 270 g/mol. The third kappa shape index (κ3) is 3.90. The Morgan fingerprint density at radius 1 is 1.39 bits per heavy atom. The molecule has 2 rings (SSSR count). The van der Waals surface area contributed by atoms with Crippen molar-refractivity contribution in [2.45, 2.75) is 12.8 Å². The lowest BCUT2D eigenvalue weighted by Gasteiger charge is -2.22. The van der Waals surface area contributed by atoms with Gasteiger partial charge in [0.1, 0.15) is 5.75 Å². The summed E-state index contributed by atoms with van der Waals surface area (Å²) in [6, 6.07) is 3.43. The molecule has 0 aliphatic carbocycles. The molecule has 0 unspecified atom stereocenters. The fraction of sp³-hybridized carbons (Fsp3) is 0.583. The minimum Gasteiger partial charge on any atom is -0.317 e. The average molecular weight is 287 g/mol. The summed E-state index contributed by atoms with van der Waals surface area (Å²) < 4.78 is 23.9. The number of piperidine rings is 1. The lowest BCUT2D eigenvalue weighted by atomic mass is 10.0. The van der Waals surface area contributed by atoms with Crippen LogP contribution in [-0.2, 0) is 9.84 Å². The van der Waals surface area contributed by atoms with Gasteiger partial charge in [0.05, 0.1) is 10.6 Å². The molecule has 1 aliphatic rings. The Morgan fingerprint density at radius 2 is 2.11 bits per heavy atom. The third-order valence-electron chi connectivity index (χ3n) is 3.10. The zero-order valence-electron chi connectivity index (χ0n) is 10.1. The summed E-state index contributed by atoms with van der Waals surface area (Å²) >= 11 is 1.29. The molecule has 1 N–H and O–H groups in total. The SMILES string of the molecule is O=C(CS(=O)(=O)CC1CCNCC1)c1cccs1. The molecule has 1 fully saturated rings. The molecule has 0 saturated carbocycles. The van der Waals surface area contributed by atoms with Crippen molar-refractivity contribution in [1.29, 1.82) is 0 Å². The van der Waals surface area contributed by atoms with Crippen molar-refractivity contribution in [2.75, 3.05) is 24.6 Å². The van der Waals surface area contributed by atoms with Gasteiger partial charge in [-0.15, -0.1) is 11.3 Å². The number of hydrogen-bond acceptors (Lipinski definition) is 5. The van der Waals surface area contributed by atoms with Gasteiger partial charge in [-0.25, -0.2) is 8.42 Å². The van der Waals surface area contributed by atoms with E-state index in [9.17, 15) is 13.2 Å². The van der Waals surface area contributed by atoms with Crippen LogP contribution in [0.5, 0.6) is 0 Å². The predicted octanol–water partition coefficient (Wildman–Crippen LogP) is 1.35. The van der Waals surface area contributed by atoms with Crippen LogP contribution in [0.15, 0.2) is 17.5 Å². The summed E-state index contributed by atoms with van der Waals surface area (Å²) in [6.07, 6.45) is 1.76. The van der Waals surface area contributed by atoms with E-state index in [2.05, 4.69) is 5.32 Å². The molecule has 1 aliphatic heterocycles. The molecule has 0 atom stereocenters. The number of Topliss-reactive ketones (excluding diaryl/α,β-unsaturated/α-hetero) is 1. The molecule has 0 aromatic carbocycles. The number of carbonyl (C=O) groups is 1. The Labute approximate surface area is 111 Å². The van der Waals surface area contributed by atoms with Gasteiger partial charge in [0.25, 0.3) is 0 Å². The lowest BCUT2D eigenvalue weighted by molar-refractivity contribution is 0.102. The molecule has 0 bridgehead atoms. The van der Waals surface area contributed by atoms with E-state index in [1.807, 2.05) is 0 Å². The number of thiophene rings is 1. The summed E-state index contributed by atoms with van der Waals surface area (Å²) in [5, 5.41) is 4.99. The van der Waals surface area contributed by atoms with Crippen molar-refractivity contribution in [2.24, 2.45) is 5.92 Å². The molecule has 1 saturated heterocycles. The van der Waals surface area contributed by atoms with Gasteiger partial charge in [-0.05, 0) is 43.3 Å². The van der Waals surface area contributed by atoms with Crippen LogP contribution in [0.3, 0.4) is 0 Å². The van der Waals surface area contributed by atoms with Crippen molar-refractivity contribution >= 4 is 27.0 Å². The third-order valence-corrected chi connectivity index (χ3v) is 5.69. The van der Waals surface area contributed by atoms with Crippen LogP contribution in [0.25, 0.3) is 0 Å². The lowest BCUT2D eigenvalue weighted by Crippen LogP contribution is -2.32. The number of sulfone groups is 1. The number of carbonyl (C=O) groups excluding carboxylic acids is 1. The van der Waals surface area contributed by atoms with Crippen LogP contribution in [0, 0.1) is 5.92 Å². The minimum absolute atomic E-state index is 0.145. The fourth-order valence-corrected chi connectivity index (χ4v) is 4.65. The molecule has 6 heteroatoms. The first-order valence-corrected chi connectivity index (χ1v) is 8.75. The summed E-state index contributed by atoms with van der Waals surface area (Å²) in [5.74, 6) is -0.283. The van der Waals surface area contributed by atoms with Crippen molar-refractivity contribution in [3.63, 3.8) is 0 Å². The van der Waals surface area contributed by atoms with E-state index in [4.69, 9.17) is 0 Å². The standard InChI is InChI=1S/C12H17NO3S2/c14-11(12-2-1-7-17-12)9-18(15,16)8-10-3-5-13-6-4-10/h1-2,7,10,13H,3-6,8-9H2. The molecule has 18 heavy (non-hydrogen) atoms. The number of ketones is 1. The second-order valence-corrected chi connectivity index (χ2v) is 7.71. The van der Waals surface area contributed by atoms with Crippen molar-refractivity contribution in [3.8, 4) is 0 Å². The normalized spacial score (nSPS) is 17.8. The summed E-state index contributed by atoms with van der Waals surface area (Å²) in [4.78, 5) is 12.3. The van der Waals surface area contributed by atoms with Gasteiger partial charge in [-0.3, -0.25) is 4.79 Å². The van der Waals surface area contributed by atoms with Crippen LogP contribution in [0.1, 0.15) is 22.5 Å². The van der Waals surface area contributed by atoms with E-state index >= 15 is 0 Å². The molecule has 100 valence electrons. The second kappa shape index (κ2) is 5.95. The largest absolute Gasteiger partial charge is 0.317 e. The van der Waals surface area contributed by atoms with Crippen LogP contribution in [0.4, 0.5) is 0 Å². The maximum atomic E-state index is 12.0. The molecule has 4 nitrogen and oxygen atoms in total. The molecule has 1 aromatic heterocycles. The Bertz CT molecular complexity index is 487. The molecule has 1 aromatic rings. The van der Waals surface area contributed by atoms with Gasteiger partial charge >= 0.3 is 0 Å². The van der Waals surface area contributed by atoms with Gasteiger partial charge < -0.3 is 5.32 Å². The summed E-state index contributed by atoms with van der Waals surface area (Å²) in [5.41, 5.74) is 0. The van der Waals surface area contributed by atoms with Crippen molar-refractivity contribution in [3.05, 3.63) is 22.4 Å². The van der Waals surface area contributed by atoms with E-state index in [-0.39, 0.29) is 23.2 Å². The minimum atomic E-state index is -3.28. The highest BCUT2D eigenvalue weighted by Crippen LogP contribution is 2.16. The highest BCUT2D eigenvalue weighted by molar-refractivity contribution is 7.92. The van der Waals surface area contributed by atoms with Gasteiger partial charge in [-0.2, -0.15) is 0 Å². The van der Waals surface area contributed by atoms with Gasteiger partial charge in [0.2, 0.25) is 0 Å². The van der Waals surface area contributed by atoms with Gasteiger partial charge in [0, 0.05) is 0 Å².